The van der Waals surface area contributed by atoms with Gasteiger partial charge in [-0.2, -0.15) is 5.10 Å². The lowest BCUT2D eigenvalue weighted by Crippen LogP contribution is -2.28. The Bertz CT molecular complexity index is 1430. The maximum Gasteiger partial charge on any atom is 0.223 e. The summed E-state index contributed by atoms with van der Waals surface area (Å²) >= 11 is 0. The van der Waals surface area contributed by atoms with Gasteiger partial charge in [0.15, 0.2) is 0 Å². The normalized spacial score (nSPS) is 13.2. The highest BCUT2D eigenvalue weighted by atomic mass is 16.3. The highest BCUT2D eigenvalue weighted by molar-refractivity contribution is 5.95. The minimum atomic E-state index is -1.28. The molecule has 3 N–H and O–H groups in total. The number of hydrogen-bond acceptors (Lipinski definition) is 7. The molecule has 5 aromatic rings. The predicted molar refractivity (Wildman–Crippen MR) is 126 cm³/mol. The number of aromatic nitrogens is 7. The van der Waals surface area contributed by atoms with E-state index in [9.17, 15) is 5.11 Å². The van der Waals surface area contributed by atoms with Gasteiger partial charge in [-0.15, -0.1) is 0 Å². The smallest absolute Gasteiger partial charge is 0.223 e. The second-order valence-corrected chi connectivity index (χ2v) is 7.89. The third-order valence-corrected chi connectivity index (χ3v) is 5.89. The van der Waals surface area contributed by atoms with Crippen LogP contribution in [-0.2, 0) is 12.6 Å². The molecule has 1 unspecified atom stereocenters. The van der Waals surface area contributed by atoms with Gasteiger partial charge in [0.25, 0.3) is 0 Å². The fraction of sp³-hybridized carbons (Fsp3) is 0.208. The zero-order valence-electron chi connectivity index (χ0n) is 18.6. The van der Waals surface area contributed by atoms with Crippen LogP contribution in [0.25, 0.3) is 33.4 Å². The number of fused-ring (bicyclic) bond motifs is 1. The van der Waals surface area contributed by atoms with E-state index in [0.717, 1.165) is 33.3 Å². The first-order chi connectivity index (χ1) is 16.0. The van der Waals surface area contributed by atoms with Crippen molar-refractivity contribution < 1.29 is 5.11 Å². The van der Waals surface area contributed by atoms with Crippen molar-refractivity contribution in [1.82, 2.24) is 34.7 Å². The fourth-order valence-electron chi connectivity index (χ4n) is 4.01. The Labute approximate surface area is 190 Å². The molecule has 0 aliphatic carbocycles. The summed E-state index contributed by atoms with van der Waals surface area (Å²) in [4.78, 5) is 21.2. The van der Waals surface area contributed by atoms with Gasteiger partial charge in [0.2, 0.25) is 5.95 Å². The summed E-state index contributed by atoms with van der Waals surface area (Å²) in [5, 5.41) is 19.8. The molecule has 0 saturated carbocycles. The average Bonchev–Trinajstić information content (AvgIpc) is 3.49. The highest BCUT2D eigenvalue weighted by Crippen LogP contribution is 2.36. The number of nitrogens with one attached hydrogen (secondary N) is 2. The Morgan fingerprint density at radius 3 is 2.64 bits per heavy atom. The molecule has 0 bridgehead atoms. The molecule has 0 amide bonds. The van der Waals surface area contributed by atoms with Crippen LogP contribution in [0.4, 0.5) is 5.95 Å². The van der Waals surface area contributed by atoms with Crippen LogP contribution in [0.15, 0.2) is 61.4 Å². The van der Waals surface area contributed by atoms with E-state index >= 15 is 0 Å². The summed E-state index contributed by atoms with van der Waals surface area (Å²) in [5.74, 6) is 0.425. The van der Waals surface area contributed by atoms with Gasteiger partial charge in [-0.05, 0) is 36.2 Å². The van der Waals surface area contributed by atoms with E-state index in [0.29, 0.717) is 23.8 Å². The minimum absolute atomic E-state index is 0.425. The van der Waals surface area contributed by atoms with Crippen molar-refractivity contribution >= 4 is 17.0 Å². The Balaban J connectivity index is 1.67. The van der Waals surface area contributed by atoms with Crippen LogP contribution in [0, 0.1) is 0 Å². The van der Waals surface area contributed by atoms with E-state index in [2.05, 4.69) is 41.4 Å². The highest BCUT2D eigenvalue weighted by Gasteiger charge is 2.32. The van der Waals surface area contributed by atoms with Crippen molar-refractivity contribution in [3.63, 3.8) is 0 Å². The van der Waals surface area contributed by atoms with E-state index in [1.165, 1.54) is 0 Å². The van der Waals surface area contributed by atoms with E-state index in [1.54, 1.807) is 36.3 Å². The first kappa shape index (κ1) is 20.8. The van der Waals surface area contributed by atoms with Crippen LogP contribution in [0.3, 0.4) is 0 Å². The van der Waals surface area contributed by atoms with E-state index in [4.69, 9.17) is 0 Å². The summed E-state index contributed by atoms with van der Waals surface area (Å²) in [5.41, 5.74) is 4.21. The topological polar surface area (TPSA) is 117 Å². The second-order valence-electron chi connectivity index (χ2n) is 7.89. The maximum absolute atomic E-state index is 11.6. The number of aromatic amines is 1. The third-order valence-electron chi connectivity index (χ3n) is 5.89. The van der Waals surface area contributed by atoms with Crippen LogP contribution in [0.5, 0.6) is 0 Å². The zero-order chi connectivity index (χ0) is 23.0. The van der Waals surface area contributed by atoms with Gasteiger partial charge in [0.05, 0.1) is 17.6 Å². The second kappa shape index (κ2) is 8.10. The van der Waals surface area contributed by atoms with Crippen LogP contribution < -0.4 is 5.32 Å². The third kappa shape index (κ3) is 3.62. The first-order valence-corrected chi connectivity index (χ1v) is 10.7. The van der Waals surface area contributed by atoms with Gasteiger partial charge in [-0.1, -0.05) is 6.92 Å². The molecule has 5 heterocycles. The van der Waals surface area contributed by atoms with E-state index < -0.39 is 5.60 Å². The summed E-state index contributed by atoms with van der Waals surface area (Å²) in [6, 6.07) is 7.52. The van der Waals surface area contributed by atoms with Gasteiger partial charge in [0.1, 0.15) is 11.2 Å². The molecule has 33 heavy (non-hydrogen) atoms. The van der Waals surface area contributed by atoms with Gasteiger partial charge in [-0.3, -0.25) is 9.67 Å². The fourth-order valence-corrected chi connectivity index (χ4v) is 4.01. The van der Waals surface area contributed by atoms with Crippen LogP contribution in [0.1, 0.15) is 24.6 Å². The number of aliphatic hydroxyl groups is 1. The van der Waals surface area contributed by atoms with Crippen molar-refractivity contribution in [2.24, 2.45) is 7.05 Å². The van der Waals surface area contributed by atoms with Gasteiger partial charge in [0, 0.05) is 67.2 Å². The molecular formula is C24H24N8O. The quantitative estimate of drug-likeness (QED) is 0.370. The first-order valence-electron chi connectivity index (χ1n) is 10.7. The molecule has 5 rings (SSSR count). The number of anilines is 1. The van der Waals surface area contributed by atoms with Crippen molar-refractivity contribution in [3.05, 3.63) is 72.7 Å². The van der Waals surface area contributed by atoms with Crippen LogP contribution >= 0.6 is 0 Å². The lowest BCUT2D eigenvalue weighted by molar-refractivity contribution is 0.0719. The molecule has 0 aromatic carbocycles. The largest absolute Gasteiger partial charge is 0.379 e. The molecule has 0 saturated heterocycles. The van der Waals surface area contributed by atoms with Crippen molar-refractivity contribution in [2.75, 3.05) is 12.4 Å². The Morgan fingerprint density at radius 1 is 1.12 bits per heavy atom. The summed E-state index contributed by atoms with van der Waals surface area (Å²) in [6.45, 7) is 1.93. The minimum Gasteiger partial charge on any atom is -0.379 e. The summed E-state index contributed by atoms with van der Waals surface area (Å²) < 4.78 is 1.76. The van der Waals surface area contributed by atoms with E-state index in [1.807, 2.05) is 44.8 Å². The van der Waals surface area contributed by atoms with Gasteiger partial charge >= 0.3 is 0 Å². The van der Waals surface area contributed by atoms with Crippen molar-refractivity contribution in [3.8, 4) is 22.4 Å². The van der Waals surface area contributed by atoms with Crippen LogP contribution in [0.2, 0.25) is 0 Å². The molecule has 0 spiro atoms. The molecule has 0 aliphatic heterocycles. The summed E-state index contributed by atoms with van der Waals surface area (Å²) in [6.07, 6.45) is 11.2. The monoisotopic (exact) mass is 440 g/mol. The molecule has 5 aromatic heterocycles. The number of pyridine rings is 2. The number of rotatable bonds is 6. The molecule has 166 valence electrons. The number of aryl methyl sites for hydroxylation is 1. The molecule has 0 radical (unpaired) electrons. The molecule has 9 nitrogen and oxygen atoms in total. The van der Waals surface area contributed by atoms with Crippen LogP contribution in [-0.4, -0.2) is 46.9 Å². The maximum atomic E-state index is 11.6. The molecule has 1 atom stereocenters. The predicted octanol–water partition coefficient (Wildman–Crippen LogP) is 3.50. The van der Waals surface area contributed by atoms with Crippen molar-refractivity contribution in [2.45, 2.75) is 18.9 Å². The molecule has 0 aliphatic rings. The number of nitrogens with zero attached hydrogens (tertiary/aromatic N) is 6. The lowest BCUT2D eigenvalue weighted by atomic mass is 9.87. The number of hydrogen-bond donors (Lipinski definition) is 3. The van der Waals surface area contributed by atoms with Gasteiger partial charge < -0.3 is 15.4 Å². The Hall–Kier alpha value is -4.11. The standard InChI is InChI=1S/C24H24N8O/c1-4-24(33,17-5-7-26-8-6-17)21-10-20(30-23(25-2)31-21)19-13-28-22-18(19)9-15(11-27-22)16-12-29-32(3)14-16/h5-14,33H,4H2,1-3H3,(H,27,28)(H,25,30,31). The Kier molecular flexibility index (Phi) is 5.10. The van der Waals surface area contributed by atoms with Crippen molar-refractivity contribution in [1.29, 1.82) is 0 Å². The molecule has 0 fully saturated rings. The Morgan fingerprint density at radius 2 is 1.94 bits per heavy atom. The average molecular weight is 441 g/mol. The SMILES string of the molecule is CCC(O)(c1ccncc1)c1cc(-c2c[nH]c3ncc(-c4cnn(C)c4)cc23)nc(NC)n1. The van der Waals surface area contributed by atoms with E-state index in [-0.39, 0.29) is 0 Å². The molecular weight excluding hydrogens is 416 g/mol. The zero-order valence-corrected chi connectivity index (χ0v) is 18.6. The molecule has 9 heteroatoms. The lowest BCUT2D eigenvalue weighted by Gasteiger charge is -2.27. The number of H-pyrrole nitrogens is 1. The summed E-state index contributed by atoms with van der Waals surface area (Å²) in [7, 11) is 3.65. The van der Waals surface area contributed by atoms with Gasteiger partial charge in [-0.25, -0.2) is 15.0 Å².